The van der Waals surface area contributed by atoms with Crippen LogP contribution in [0.3, 0.4) is 0 Å². The van der Waals surface area contributed by atoms with E-state index in [9.17, 15) is 19.5 Å². The molecule has 1 N–H and O–H groups in total. The van der Waals surface area contributed by atoms with Crippen molar-refractivity contribution in [3.05, 3.63) is 12.2 Å². The van der Waals surface area contributed by atoms with E-state index in [2.05, 4.69) is 13.5 Å². The second-order valence-corrected chi connectivity index (χ2v) is 10.9. The maximum Gasteiger partial charge on any atom is 0.305 e. The molecular formula is C26H40O6. The third-order valence-corrected chi connectivity index (χ3v) is 9.10. The lowest BCUT2D eigenvalue weighted by Crippen LogP contribution is -2.67. The molecule has 0 amide bonds. The van der Waals surface area contributed by atoms with E-state index in [1.807, 2.05) is 13.8 Å². The number of aliphatic hydroxyl groups is 1. The number of allylic oxidation sites excluding steroid dienone is 1. The van der Waals surface area contributed by atoms with Crippen molar-refractivity contribution in [3.8, 4) is 0 Å². The summed E-state index contributed by atoms with van der Waals surface area (Å²) in [4.78, 5) is 37.7. The number of hydrogen-bond acceptors (Lipinski definition) is 6. The topological polar surface area (TPSA) is 89.9 Å². The van der Waals surface area contributed by atoms with Crippen LogP contribution < -0.4 is 0 Å². The molecule has 6 heteroatoms. The lowest BCUT2D eigenvalue weighted by molar-refractivity contribution is -0.224. The average Bonchev–Trinajstić information content (AvgIpc) is 2.78. The van der Waals surface area contributed by atoms with Gasteiger partial charge in [-0.15, -0.1) is 0 Å². The number of carbonyl (C=O) groups is 3. The van der Waals surface area contributed by atoms with Crippen molar-refractivity contribution in [1.82, 2.24) is 0 Å². The highest BCUT2D eigenvalue weighted by atomic mass is 16.5. The number of carbonyl (C=O) groups excluding carboxylic acids is 3. The molecule has 3 aliphatic carbocycles. The summed E-state index contributed by atoms with van der Waals surface area (Å²) >= 11 is 0. The van der Waals surface area contributed by atoms with Gasteiger partial charge >= 0.3 is 11.9 Å². The van der Waals surface area contributed by atoms with Gasteiger partial charge in [-0.05, 0) is 55.9 Å². The molecule has 7 atom stereocenters. The zero-order chi connectivity index (χ0) is 23.9. The van der Waals surface area contributed by atoms with Crippen LogP contribution in [0.2, 0.25) is 0 Å². The summed E-state index contributed by atoms with van der Waals surface area (Å²) in [6.45, 7) is 14.1. The quantitative estimate of drug-likeness (QED) is 0.483. The number of esters is 2. The zero-order valence-corrected chi connectivity index (χ0v) is 20.4. The highest BCUT2D eigenvalue weighted by Crippen LogP contribution is 2.67. The minimum Gasteiger partial charge on any atom is -0.465 e. The summed E-state index contributed by atoms with van der Waals surface area (Å²) in [5, 5.41) is 11.4. The molecule has 32 heavy (non-hydrogen) atoms. The number of aliphatic hydroxyl groups excluding tert-OH is 1. The third kappa shape index (κ3) is 3.82. The second-order valence-electron chi connectivity index (χ2n) is 10.9. The number of hydrogen-bond donors (Lipinski definition) is 1. The van der Waals surface area contributed by atoms with Gasteiger partial charge in [0.05, 0.1) is 24.7 Å². The number of ether oxygens (including phenoxy) is 2. The molecule has 0 radical (unpaired) electrons. The Bertz CT molecular complexity index is 789. The highest BCUT2D eigenvalue weighted by Gasteiger charge is 2.68. The Morgan fingerprint density at radius 1 is 1.03 bits per heavy atom. The van der Waals surface area contributed by atoms with Crippen molar-refractivity contribution in [2.24, 2.45) is 34.0 Å². The largest absolute Gasteiger partial charge is 0.465 e. The maximum atomic E-state index is 13.5. The number of ketones is 1. The highest BCUT2D eigenvalue weighted by molar-refractivity contribution is 6.01. The van der Waals surface area contributed by atoms with E-state index >= 15 is 0 Å². The van der Waals surface area contributed by atoms with Crippen LogP contribution >= 0.6 is 0 Å². The molecule has 0 aromatic rings. The van der Waals surface area contributed by atoms with Crippen LogP contribution in [0.25, 0.3) is 0 Å². The van der Waals surface area contributed by atoms with E-state index in [4.69, 9.17) is 9.47 Å². The Hall–Kier alpha value is -1.69. The predicted molar refractivity (Wildman–Crippen MR) is 121 cm³/mol. The molecule has 3 fully saturated rings. The molecule has 6 nitrogen and oxygen atoms in total. The molecular weight excluding hydrogens is 408 g/mol. The Morgan fingerprint density at radius 3 is 2.22 bits per heavy atom. The summed E-state index contributed by atoms with van der Waals surface area (Å²) in [6.07, 6.45) is 3.53. The van der Waals surface area contributed by atoms with Gasteiger partial charge in [0.2, 0.25) is 0 Å². The first kappa shape index (κ1) is 24.9. The van der Waals surface area contributed by atoms with Gasteiger partial charge in [-0.3, -0.25) is 14.4 Å². The predicted octanol–water partition coefficient (Wildman–Crippen LogP) is 4.24. The van der Waals surface area contributed by atoms with Crippen LogP contribution in [0.4, 0.5) is 0 Å². The van der Waals surface area contributed by atoms with Gasteiger partial charge in [-0.2, -0.15) is 0 Å². The molecule has 0 aromatic carbocycles. The molecule has 0 bridgehead atoms. The van der Waals surface area contributed by atoms with Crippen molar-refractivity contribution >= 4 is 17.7 Å². The monoisotopic (exact) mass is 448 g/mol. The van der Waals surface area contributed by atoms with Crippen LogP contribution in [0, 0.1) is 34.0 Å². The van der Waals surface area contributed by atoms with Gasteiger partial charge in [-0.1, -0.05) is 40.7 Å². The average molecular weight is 449 g/mol. The molecule has 7 unspecified atom stereocenters. The smallest absolute Gasteiger partial charge is 0.305 e. The van der Waals surface area contributed by atoms with E-state index in [0.29, 0.717) is 24.8 Å². The van der Waals surface area contributed by atoms with Gasteiger partial charge in [0.25, 0.3) is 0 Å². The van der Waals surface area contributed by atoms with Crippen molar-refractivity contribution < 1.29 is 29.0 Å². The van der Waals surface area contributed by atoms with Crippen molar-refractivity contribution in [3.63, 3.8) is 0 Å². The number of Topliss-reactive ketones (excluding diaryl/α,β-unsaturated/α-hetero) is 1. The SMILES string of the molecule is C=C1C(=O)C2(C)C(O)CC3C(C)(COC(=O)CC)CCCC3(COC(=O)CC)C2CC1C. The third-order valence-electron chi connectivity index (χ3n) is 9.10. The normalized spacial score (nSPS) is 41.4. The lowest BCUT2D eigenvalue weighted by Gasteiger charge is -2.66. The summed E-state index contributed by atoms with van der Waals surface area (Å²) in [5.74, 6) is -0.705. The Morgan fingerprint density at radius 2 is 1.62 bits per heavy atom. The van der Waals surface area contributed by atoms with Gasteiger partial charge < -0.3 is 14.6 Å². The first-order valence-corrected chi connectivity index (χ1v) is 12.2. The molecule has 180 valence electrons. The summed E-state index contributed by atoms with van der Waals surface area (Å²) in [7, 11) is 0. The zero-order valence-electron chi connectivity index (χ0n) is 20.4. The summed E-state index contributed by atoms with van der Waals surface area (Å²) in [6, 6.07) is 0. The molecule has 0 saturated heterocycles. The van der Waals surface area contributed by atoms with Gasteiger partial charge in [0.15, 0.2) is 5.78 Å². The van der Waals surface area contributed by atoms with Crippen LogP contribution in [0.5, 0.6) is 0 Å². The molecule has 0 aliphatic heterocycles. The van der Waals surface area contributed by atoms with Crippen LogP contribution in [-0.2, 0) is 23.9 Å². The van der Waals surface area contributed by atoms with Gasteiger partial charge in [0, 0.05) is 23.7 Å². The van der Waals surface area contributed by atoms with Crippen molar-refractivity contribution in [1.29, 1.82) is 0 Å². The molecule has 0 heterocycles. The van der Waals surface area contributed by atoms with Crippen molar-refractivity contribution in [2.45, 2.75) is 85.7 Å². The fourth-order valence-corrected chi connectivity index (χ4v) is 7.06. The standard InChI is InChI=1S/C26H40O6/c1-7-21(28)31-14-24(5)10-9-11-26(15-32-22(29)8-2)18(24)13-20(27)25(6)19(26)12-16(3)17(4)23(25)30/h16,18-20,27H,4,7-15H2,1-3,5-6H3. The van der Waals surface area contributed by atoms with Crippen molar-refractivity contribution in [2.75, 3.05) is 13.2 Å². The first-order chi connectivity index (χ1) is 15.0. The van der Waals surface area contributed by atoms with Crippen LogP contribution in [-0.4, -0.2) is 42.1 Å². The summed E-state index contributed by atoms with van der Waals surface area (Å²) < 4.78 is 11.4. The Labute approximate surface area is 192 Å². The van der Waals surface area contributed by atoms with E-state index in [-0.39, 0.29) is 54.1 Å². The minimum atomic E-state index is -0.947. The minimum absolute atomic E-state index is 0.0105. The van der Waals surface area contributed by atoms with E-state index in [1.54, 1.807) is 13.8 Å². The molecule has 0 spiro atoms. The van der Waals surface area contributed by atoms with Gasteiger partial charge in [0.1, 0.15) is 0 Å². The van der Waals surface area contributed by atoms with E-state index < -0.39 is 16.9 Å². The van der Waals surface area contributed by atoms with E-state index in [0.717, 1.165) is 25.7 Å². The lowest BCUT2D eigenvalue weighted by atomic mass is 9.38. The number of fused-ring (bicyclic) bond motifs is 3. The summed E-state index contributed by atoms with van der Waals surface area (Å²) in [5.41, 5.74) is -1.17. The molecule has 3 aliphatic rings. The van der Waals surface area contributed by atoms with Crippen LogP contribution in [0.15, 0.2) is 12.2 Å². The van der Waals surface area contributed by atoms with Gasteiger partial charge in [-0.25, -0.2) is 0 Å². The Balaban J connectivity index is 2.08. The van der Waals surface area contributed by atoms with E-state index in [1.165, 1.54) is 0 Å². The molecule has 3 rings (SSSR count). The first-order valence-electron chi connectivity index (χ1n) is 12.2. The fourth-order valence-electron chi connectivity index (χ4n) is 7.06. The van der Waals surface area contributed by atoms with Crippen LogP contribution in [0.1, 0.15) is 79.6 Å². The molecule has 0 aromatic heterocycles. The number of rotatable bonds is 6. The fraction of sp³-hybridized carbons (Fsp3) is 0.808. The maximum absolute atomic E-state index is 13.5. The molecule has 3 saturated carbocycles. The second kappa shape index (κ2) is 8.92. The Kier molecular flexibility index (Phi) is 6.95.